The highest BCUT2D eigenvalue weighted by Gasteiger charge is 2.01. The van der Waals surface area contributed by atoms with Gasteiger partial charge in [-0.25, -0.2) is 0 Å². The molecule has 17 heavy (non-hydrogen) atoms. The summed E-state index contributed by atoms with van der Waals surface area (Å²) >= 11 is 5.70. The SMILES string of the molecule is CCCCCCC#Cc1nc(Cl)nc(OC)n1. The van der Waals surface area contributed by atoms with Crippen molar-refractivity contribution in [2.24, 2.45) is 0 Å². The molecule has 1 aromatic heterocycles. The fraction of sp³-hybridized carbons (Fsp3) is 0.583. The Hall–Kier alpha value is -1.34. The third-order valence-corrected chi connectivity index (χ3v) is 2.29. The largest absolute Gasteiger partial charge is 0.467 e. The minimum atomic E-state index is 0.104. The first kappa shape index (κ1) is 13.7. The zero-order chi connectivity index (χ0) is 12.5. The van der Waals surface area contributed by atoms with Crippen LogP contribution < -0.4 is 4.74 Å². The van der Waals surface area contributed by atoms with Gasteiger partial charge < -0.3 is 4.74 Å². The summed E-state index contributed by atoms with van der Waals surface area (Å²) in [5.74, 6) is 6.24. The van der Waals surface area contributed by atoms with Crippen LogP contribution in [0.1, 0.15) is 44.9 Å². The molecule has 0 unspecified atom stereocenters. The van der Waals surface area contributed by atoms with E-state index in [1.807, 2.05) is 0 Å². The van der Waals surface area contributed by atoms with Gasteiger partial charge in [-0.2, -0.15) is 15.0 Å². The van der Waals surface area contributed by atoms with Gasteiger partial charge in [0.1, 0.15) is 0 Å². The van der Waals surface area contributed by atoms with Crippen LogP contribution in [0.3, 0.4) is 0 Å². The predicted octanol–water partition coefficient (Wildman–Crippen LogP) is 2.86. The summed E-state index contributed by atoms with van der Waals surface area (Å²) in [5, 5.41) is 0.104. The van der Waals surface area contributed by atoms with Crippen molar-refractivity contribution in [2.45, 2.75) is 39.0 Å². The second kappa shape index (κ2) is 7.86. The van der Waals surface area contributed by atoms with Crippen LogP contribution >= 0.6 is 11.6 Å². The van der Waals surface area contributed by atoms with E-state index in [1.165, 1.54) is 26.4 Å². The highest BCUT2D eigenvalue weighted by Crippen LogP contribution is 2.06. The van der Waals surface area contributed by atoms with E-state index in [2.05, 4.69) is 33.7 Å². The normalized spacial score (nSPS) is 9.59. The molecule has 5 heteroatoms. The minimum Gasteiger partial charge on any atom is -0.467 e. The predicted molar refractivity (Wildman–Crippen MR) is 67.0 cm³/mol. The van der Waals surface area contributed by atoms with Crippen LogP contribution in [-0.4, -0.2) is 22.1 Å². The second-order valence-electron chi connectivity index (χ2n) is 3.53. The molecular weight excluding hydrogens is 238 g/mol. The molecule has 1 rings (SSSR count). The van der Waals surface area contributed by atoms with Crippen molar-refractivity contribution in [1.29, 1.82) is 0 Å². The average Bonchev–Trinajstić information content (AvgIpc) is 2.33. The highest BCUT2D eigenvalue weighted by molar-refractivity contribution is 6.28. The second-order valence-corrected chi connectivity index (χ2v) is 3.87. The first-order valence-corrected chi connectivity index (χ1v) is 6.08. The van der Waals surface area contributed by atoms with Crippen molar-refractivity contribution >= 4 is 11.6 Å². The molecule has 0 atom stereocenters. The van der Waals surface area contributed by atoms with E-state index < -0.39 is 0 Å². The van der Waals surface area contributed by atoms with E-state index in [0.717, 1.165) is 12.8 Å². The number of halogens is 1. The van der Waals surface area contributed by atoms with Crippen molar-refractivity contribution in [3.63, 3.8) is 0 Å². The molecule has 0 aliphatic carbocycles. The zero-order valence-electron chi connectivity index (χ0n) is 10.2. The third-order valence-electron chi connectivity index (χ3n) is 2.13. The molecule has 4 nitrogen and oxygen atoms in total. The molecule has 0 spiro atoms. The molecule has 0 saturated carbocycles. The van der Waals surface area contributed by atoms with Gasteiger partial charge in [0.25, 0.3) is 0 Å². The molecular formula is C12H16ClN3O. The summed E-state index contributed by atoms with van der Waals surface area (Å²) in [7, 11) is 1.48. The molecule has 0 aromatic carbocycles. The van der Waals surface area contributed by atoms with Gasteiger partial charge in [0, 0.05) is 6.42 Å². The van der Waals surface area contributed by atoms with E-state index in [9.17, 15) is 0 Å². The lowest BCUT2D eigenvalue weighted by Gasteiger charge is -1.97. The molecule has 1 heterocycles. The fourth-order valence-corrected chi connectivity index (χ4v) is 1.41. The van der Waals surface area contributed by atoms with E-state index in [0.29, 0.717) is 5.82 Å². The van der Waals surface area contributed by atoms with Crippen LogP contribution in [0.2, 0.25) is 5.28 Å². The number of hydrogen-bond acceptors (Lipinski definition) is 4. The standard InChI is InChI=1S/C12H16ClN3O/c1-3-4-5-6-7-8-9-10-14-11(13)16-12(15-10)17-2/h3-7H2,1-2H3. The van der Waals surface area contributed by atoms with Crippen molar-refractivity contribution in [2.75, 3.05) is 7.11 Å². The molecule has 1 aromatic rings. The summed E-state index contributed by atoms with van der Waals surface area (Å²) in [4.78, 5) is 11.7. The van der Waals surface area contributed by atoms with Gasteiger partial charge in [-0.15, -0.1) is 0 Å². The van der Waals surface area contributed by atoms with Crippen LogP contribution in [0.5, 0.6) is 6.01 Å². The lowest BCUT2D eigenvalue weighted by Crippen LogP contribution is -1.98. The van der Waals surface area contributed by atoms with Crippen molar-refractivity contribution in [1.82, 2.24) is 15.0 Å². The van der Waals surface area contributed by atoms with E-state index in [1.54, 1.807) is 0 Å². The number of methoxy groups -OCH3 is 1. The number of aromatic nitrogens is 3. The van der Waals surface area contributed by atoms with Gasteiger partial charge >= 0.3 is 6.01 Å². The third kappa shape index (κ3) is 5.50. The van der Waals surface area contributed by atoms with Crippen LogP contribution in [0.15, 0.2) is 0 Å². The van der Waals surface area contributed by atoms with Gasteiger partial charge in [0.15, 0.2) is 0 Å². The Morgan fingerprint density at radius 1 is 1.18 bits per heavy atom. The molecule has 0 fully saturated rings. The Morgan fingerprint density at radius 3 is 2.71 bits per heavy atom. The first-order chi connectivity index (χ1) is 8.26. The minimum absolute atomic E-state index is 0.104. The summed E-state index contributed by atoms with van der Waals surface area (Å²) in [6.07, 6.45) is 5.66. The molecule has 0 aliphatic rings. The molecule has 0 bridgehead atoms. The Kier molecular flexibility index (Phi) is 6.34. The molecule has 92 valence electrons. The summed E-state index contributed by atoms with van der Waals surface area (Å²) in [6, 6.07) is 0.195. The monoisotopic (exact) mass is 253 g/mol. The van der Waals surface area contributed by atoms with Gasteiger partial charge in [-0.3, -0.25) is 0 Å². The quantitative estimate of drug-likeness (QED) is 0.598. The topological polar surface area (TPSA) is 47.9 Å². The van der Waals surface area contributed by atoms with Crippen LogP contribution in [-0.2, 0) is 0 Å². The molecule has 0 aliphatic heterocycles. The van der Waals surface area contributed by atoms with Gasteiger partial charge in [-0.05, 0) is 23.9 Å². The van der Waals surface area contributed by atoms with Crippen LogP contribution in [0.25, 0.3) is 0 Å². The number of hydrogen-bond donors (Lipinski definition) is 0. The Morgan fingerprint density at radius 2 is 2.00 bits per heavy atom. The molecule has 0 saturated heterocycles. The summed E-state index contributed by atoms with van der Waals surface area (Å²) in [6.45, 7) is 2.19. The Balaban J connectivity index is 2.50. The number of unbranched alkanes of at least 4 members (excludes halogenated alkanes) is 4. The van der Waals surface area contributed by atoms with Crippen molar-refractivity contribution < 1.29 is 4.74 Å². The highest BCUT2D eigenvalue weighted by atomic mass is 35.5. The van der Waals surface area contributed by atoms with Crippen LogP contribution in [0.4, 0.5) is 0 Å². The Bertz CT molecular complexity index is 412. The summed E-state index contributed by atoms with van der Waals surface area (Å²) < 4.78 is 4.88. The zero-order valence-corrected chi connectivity index (χ0v) is 10.9. The number of nitrogens with zero attached hydrogens (tertiary/aromatic N) is 3. The lowest BCUT2D eigenvalue weighted by atomic mass is 10.2. The van der Waals surface area contributed by atoms with Gasteiger partial charge in [0.05, 0.1) is 7.11 Å². The Labute approximate surface area is 107 Å². The van der Waals surface area contributed by atoms with E-state index in [-0.39, 0.29) is 11.3 Å². The summed E-state index contributed by atoms with van der Waals surface area (Å²) in [5.41, 5.74) is 0. The maximum atomic E-state index is 5.70. The van der Waals surface area contributed by atoms with E-state index in [4.69, 9.17) is 16.3 Å². The smallest absolute Gasteiger partial charge is 0.321 e. The average molecular weight is 254 g/mol. The fourth-order valence-electron chi connectivity index (χ4n) is 1.26. The van der Waals surface area contributed by atoms with E-state index >= 15 is 0 Å². The molecule has 0 N–H and O–H groups in total. The van der Waals surface area contributed by atoms with Gasteiger partial charge in [0.2, 0.25) is 11.1 Å². The maximum Gasteiger partial charge on any atom is 0.321 e. The van der Waals surface area contributed by atoms with Crippen LogP contribution in [0, 0.1) is 11.8 Å². The van der Waals surface area contributed by atoms with Gasteiger partial charge in [-0.1, -0.05) is 32.1 Å². The number of ether oxygens (including phenoxy) is 1. The molecule has 0 amide bonds. The molecule has 0 radical (unpaired) electrons. The lowest BCUT2D eigenvalue weighted by molar-refractivity contribution is 0.377. The van der Waals surface area contributed by atoms with Crippen molar-refractivity contribution in [3.8, 4) is 17.9 Å². The first-order valence-electron chi connectivity index (χ1n) is 5.70. The van der Waals surface area contributed by atoms with Crippen molar-refractivity contribution in [3.05, 3.63) is 11.1 Å². The maximum absolute atomic E-state index is 5.70. The number of rotatable bonds is 5.